The summed E-state index contributed by atoms with van der Waals surface area (Å²) in [5.74, 6) is 0.126. The fourth-order valence-corrected chi connectivity index (χ4v) is 3.79. The first-order valence-corrected chi connectivity index (χ1v) is 10.3. The summed E-state index contributed by atoms with van der Waals surface area (Å²) < 4.78 is 0. The Morgan fingerprint density at radius 1 is 1.16 bits per heavy atom. The molecule has 0 N–H and O–H groups in total. The zero-order valence-electron chi connectivity index (χ0n) is 17.1. The fourth-order valence-electron chi connectivity index (χ4n) is 3.55. The van der Waals surface area contributed by atoms with Gasteiger partial charge in [0, 0.05) is 47.1 Å². The highest BCUT2D eigenvalue weighted by molar-refractivity contribution is 6.34. The average Bonchev–Trinajstić information content (AvgIpc) is 3.26. The molecule has 4 rings (SSSR count). The summed E-state index contributed by atoms with van der Waals surface area (Å²) in [6.07, 6.45) is 3.61. The number of carbonyl (C=O) groups is 1. The first-order chi connectivity index (χ1) is 15.4. The number of hydrogen-bond acceptors (Lipinski definition) is 7. The largest absolute Gasteiger partial charge is 0.294 e. The number of aliphatic imine (C=N–C) groups is 1. The highest BCUT2D eigenvalue weighted by atomic mass is 35.5. The van der Waals surface area contributed by atoms with E-state index in [9.17, 15) is 14.9 Å². The van der Waals surface area contributed by atoms with Crippen molar-refractivity contribution in [2.75, 3.05) is 0 Å². The molecule has 0 saturated heterocycles. The summed E-state index contributed by atoms with van der Waals surface area (Å²) in [5.41, 5.74) is 0.759. The van der Waals surface area contributed by atoms with Gasteiger partial charge >= 0.3 is 0 Å². The second kappa shape index (κ2) is 8.76. The molecule has 3 aromatic rings. The van der Waals surface area contributed by atoms with Crippen LogP contribution in [-0.2, 0) is 12.1 Å². The van der Waals surface area contributed by atoms with Gasteiger partial charge in [0.25, 0.3) is 5.69 Å². The van der Waals surface area contributed by atoms with Gasteiger partial charge in [-0.15, -0.1) is 5.11 Å². The maximum Gasteiger partial charge on any atom is 0.273 e. The van der Waals surface area contributed by atoms with Crippen molar-refractivity contribution in [2.24, 2.45) is 15.2 Å². The Bertz CT molecular complexity index is 1260. The molecular formula is C23H18ClN5O3. The van der Waals surface area contributed by atoms with Crippen molar-refractivity contribution in [1.29, 1.82) is 0 Å². The molecule has 1 aromatic heterocycles. The van der Waals surface area contributed by atoms with E-state index in [1.165, 1.54) is 6.07 Å². The number of nitro groups is 1. The zero-order chi connectivity index (χ0) is 22.7. The molecule has 8 nitrogen and oxygen atoms in total. The van der Waals surface area contributed by atoms with Crippen LogP contribution < -0.4 is 0 Å². The van der Waals surface area contributed by atoms with Gasteiger partial charge < -0.3 is 0 Å². The minimum atomic E-state index is -1.03. The van der Waals surface area contributed by atoms with Gasteiger partial charge in [-0.3, -0.25) is 19.9 Å². The maximum absolute atomic E-state index is 12.8. The number of Topliss-reactive ketones (excluding diaryl/α,β-unsaturated/α-hetero) is 1. The SMILES string of the molecule is CCC1(c2ccc([N+](=O)[O-])c(CC(=O)c3ccccc3Cl)c2)N=NC(c2cccnc2)=N1. The van der Waals surface area contributed by atoms with Gasteiger partial charge in [0.15, 0.2) is 17.3 Å². The molecule has 0 fully saturated rings. The Labute approximate surface area is 188 Å². The molecule has 2 heterocycles. The Morgan fingerprint density at radius 3 is 2.66 bits per heavy atom. The predicted octanol–water partition coefficient (Wildman–Crippen LogP) is 5.54. The van der Waals surface area contributed by atoms with Crippen LogP contribution in [-0.4, -0.2) is 21.5 Å². The van der Waals surface area contributed by atoms with E-state index in [0.29, 0.717) is 28.4 Å². The maximum atomic E-state index is 12.8. The number of rotatable bonds is 7. The second-order valence-electron chi connectivity index (χ2n) is 7.23. The van der Waals surface area contributed by atoms with Gasteiger partial charge in [-0.25, -0.2) is 4.99 Å². The van der Waals surface area contributed by atoms with Crippen molar-refractivity contribution in [2.45, 2.75) is 25.4 Å². The number of ketones is 1. The summed E-state index contributed by atoms with van der Waals surface area (Å²) in [5, 5.41) is 20.5. The summed E-state index contributed by atoms with van der Waals surface area (Å²) in [4.78, 5) is 32.8. The standard InChI is InChI=1S/C23H18ClN5O3/c1-2-23(26-22(27-28-23)15-6-5-11-25-14-15)17-9-10-20(29(31)32)16(12-17)13-21(30)18-7-3-4-8-19(18)24/h3-12,14H,2,13H2,1H3. The van der Waals surface area contributed by atoms with Crippen molar-refractivity contribution < 1.29 is 9.72 Å². The third-order valence-corrected chi connectivity index (χ3v) is 5.61. The molecule has 0 amide bonds. The van der Waals surface area contributed by atoms with Crippen molar-refractivity contribution in [3.63, 3.8) is 0 Å². The van der Waals surface area contributed by atoms with Crippen LogP contribution in [0.2, 0.25) is 5.02 Å². The number of aromatic nitrogens is 1. The molecule has 0 saturated carbocycles. The fraction of sp³-hybridized carbons (Fsp3) is 0.174. The molecule has 1 atom stereocenters. The average molecular weight is 448 g/mol. The number of nitro benzene ring substituents is 1. The molecule has 32 heavy (non-hydrogen) atoms. The molecule has 1 aliphatic heterocycles. The van der Waals surface area contributed by atoms with Crippen molar-refractivity contribution in [3.8, 4) is 0 Å². The van der Waals surface area contributed by atoms with Crippen LogP contribution in [0.3, 0.4) is 0 Å². The summed E-state index contributed by atoms with van der Waals surface area (Å²) in [7, 11) is 0. The summed E-state index contributed by atoms with van der Waals surface area (Å²) in [6.45, 7) is 1.91. The number of azo groups is 1. The first kappa shape index (κ1) is 21.5. The number of hydrogen-bond donors (Lipinski definition) is 0. The molecule has 9 heteroatoms. The van der Waals surface area contributed by atoms with Crippen molar-refractivity contribution in [1.82, 2.24) is 4.98 Å². The van der Waals surface area contributed by atoms with Crippen molar-refractivity contribution in [3.05, 3.63) is 104 Å². The van der Waals surface area contributed by atoms with Crippen LogP contribution in [0.15, 0.2) is 82.2 Å². The monoisotopic (exact) mass is 447 g/mol. The van der Waals surface area contributed by atoms with E-state index in [1.807, 2.05) is 13.0 Å². The summed E-state index contributed by atoms with van der Waals surface area (Å²) in [6, 6.07) is 14.9. The summed E-state index contributed by atoms with van der Waals surface area (Å²) >= 11 is 6.14. The molecular weight excluding hydrogens is 430 g/mol. The van der Waals surface area contributed by atoms with Crippen LogP contribution in [0.5, 0.6) is 0 Å². The normalized spacial score (nSPS) is 17.2. The molecule has 1 unspecified atom stereocenters. The van der Waals surface area contributed by atoms with E-state index in [4.69, 9.17) is 16.6 Å². The van der Waals surface area contributed by atoms with Gasteiger partial charge in [0.1, 0.15) is 0 Å². The van der Waals surface area contributed by atoms with E-state index >= 15 is 0 Å². The lowest BCUT2D eigenvalue weighted by molar-refractivity contribution is -0.385. The molecule has 0 spiro atoms. The van der Waals surface area contributed by atoms with Gasteiger partial charge in [0.2, 0.25) is 0 Å². The lowest BCUT2D eigenvalue weighted by Gasteiger charge is -2.20. The minimum Gasteiger partial charge on any atom is -0.294 e. The zero-order valence-corrected chi connectivity index (χ0v) is 17.9. The lowest BCUT2D eigenvalue weighted by atomic mass is 9.93. The van der Waals surface area contributed by atoms with Crippen LogP contribution in [0.4, 0.5) is 5.69 Å². The highest BCUT2D eigenvalue weighted by Gasteiger charge is 2.36. The van der Waals surface area contributed by atoms with Crippen LogP contribution in [0.1, 0.15) is 40.4 Å². The number of nitrogens with zero attached hydrogens (tertiary/aromatic N) is 5. The van der Waals surface area contributed by atoms with Gasteiger partial charge in [-0.05, 0) is 42.8 Å². The number of amidine groups is 1. The van der Waals surface area contributed by atoms with E-state index in [2.05, 4.69) is 15.2 Å². The number of halogens is 1. The number of pyridine rings is 1. The molecule has 0 bridgehead atoms. The lowest BCUT2D eigenvalue weighted by Crippen LogP contribution is -2.19. The molecule has 2 aromatic carbocycles. The molecule has 0 aliphatic carbocycles. The van der Waals surface area contributed by atoms with Crippen molar-refractivity contribution >= 4 is 28.9 Å². The molecule has 0 radical (unpaired) electrons. The smallest absolute Gasteiger partial charge is 0.273 e. The second-order valence-corrected chi connectivity index (χ2v) is 7.63. The predicted molar refractivity (Wildman–Crippen MR) is 120 cm³/mol. The third-order valence-electron chi connectivity index (χ3n) is 5.28. The van der Waals surface area contributed by atoms with Crippen LogP contribution in [0.25, 0.3) is 0 Å². The third kappa shape index (κ3) is 4.04. The van der Waals surface area contributed by atoms with E-state index in [0.717, 1.165) is 5.56 Å². The molecule has 1 aliphatic rings. The van der Waals surface area contributed by atoms with Gasteiger partial charge in [-0.2, -0.15) is 5.11 Å². The van der Waals surface area contributed by atoms with E-state index in [1.54, 1.807) is 54.9 Å². The van der Waals surface area contributed by atoms with E-state index < -0.39 is 10.6 Å². The number of benzene rings is 2. The first-order valence-electron chi connectivity index (χ1n) is 9.92. The van der Waals surface area contributed by atoms with Gasteiger partial charge in [-0.1, -0.05) is 30.7 Å². The minimum absolute atomic E-state index is 0.146. The Kier molecular flexibility index (Phi) is 5.87. The molecule has 160 valence electrons. The van der Waals surface area contributed by atoms with Gasteiger partial charge in [0.05, 0.1) is 9.95 Å². The number of carbonyl (C=O) groups excluding carboxylic acids is 1. The quantitative estimate of drug-likeness (QED) is 0.269. The van der Waals surface area contributed by atoms with Crippen LogP contribution >= 0.6 is 11.6 Å². The Balaban J connectivity index is 1.74. The Morgan fingerprint density at radius 2 is 1.97 bits per heavy atom. The Hall–Kier alpha value is -3.78. The van der Waals surface area contributed by atoms with Crippen LogP contribution in [0, 0.1) is 10.1 Å². The topological polar surface area (TPSA) is 110 Å². The highest BCUT2D eigenvalue weighted by Crippen LogP contribution is 2.38. The van der Waals surface area contributed by atoms with E-state index in [-0.39, 0.29) is 23.5 Å².